The Kier molecular flexibility index (Phi) is 3.92. The number of nitrogens with two attached hydrogens (primary N) is 1. The Hall–Kier alpha value is -1.89. The molecule has 1 aromatic carbocycles. The van der Waals surface area contributed by atoms with Gasteiger partial charge in [-0.15, -0.1) is 0 Å². The molecule has 1 fully saturated rings. The van der Waals surface area contributed by atoms with Crippen LogP contribution in [0.2, 0.25) is 0 Å². The van der Waals surface area contributed by atoms with Crippen LogP contribution in [0.25, 0.3) is 11.5 Å². The van der Waals surface area contributed by atoms with Crippen molar-refractivity contribution in [1.29, 1.82) is 0 Å². The number of ether oxygens (including phenoxy) is 2. The van der Waals surface area contributed by atoms with Crippen molar-refractivity contribution in [2.24, 2.45) is 0 Å². The molecule has 21 heavy (non-hydrogen) atoms. The van der Waals surface area contributed by atoms with Crippen molar-refractivity contribution in [3.05, 3.63) is 18.0 Å². The van der Waals surface area contributed by atoms with Gasteiger partial charge in [0.15, 0.2) is 17.3 Å². The summed E-state index contributed by atoms with van der Waals surface area (Å²) in [7, 11) is 3.14. The zero-order chi connectivity index (χ0) is 14.8. The maximum Gasteiger partial charge on any atom is 0.260 e. The number of aromatic nitrogens is 2. The van der Waals surface area contributed by atoms with Crippen LogP contribution in [0.4, 0.5) is 5.69 Å². The third kappa shape index (κ3) is 2.65. The fraction of sp³-hybridized carbons (Fsp3) is 0.429. The normalized spacial score (nSPS) is 17.9. The van der Waals surface area contributed by atoms with Gasteiger partial charge in [-0.3, -0.25) is 0 Å². The van der Waals surface area contributed by atoms with Gasteiger partial charge in [-0.25, -0.2) is 0 Å². The quantitative estimate of drug-likeness (QED) is 0.869. The Morgan fingerprint density at radius 3 is 2.71 bits per heavy atom. The highest BCUT2D eigenvalue weighted by atomic mass is 32.2. The van der Waals surface area contributed by atoms with E-state index in [1.54, 1.807) is 26.4 Å². The van der Waals surface area contributed by atoms with Gasteiger partial charge in [0.25, 0.3) is 5.89 Å². The van der Waals surface area contributed by atoms with E-state index in [9.17, 15) is 0 Å². The minimum absolute atomic E-state index is 0.323. The number of methoxy groups -OCH3 is 2. The summed E-state index contributed by atoms with van der Waals surface area (Å²) in [5, 5.41) is 4.40. The van der Waals surface area contributed by atoms with Gasteiger partial charge in [-0.2, -0.15) is 16.7 Å². The largest absolute Gasteiger partial charge is 0.493 e. The van der Waals surface area contributed by atoms with Gasteiger partial charge in [0, 0.05) is 11.8 Å². The Morgan fingerprint density at radius 2 is 2.05 bits per heavy atom. The van der Waals surface area contributed by atoms with Crippen LogP contribution in [-0.2, 0) is 0 Å². The number of thioether (sulfide) groups is 1. The third-order valence-electron chi connectivity index (χ3n) is 3.45. The maximum atomic E-state index is 6.05. The highest BCUT2D eigenvalue weighted by Crippen LogP contribution is 2.40. The van der Waals surface area contributed by atoms with Crippen LogP contribution >= 0.6 is 11.8 Å². The fourth-order valence-corrected chi connectivity index (χ4v) is 3.53. The van der Waals surface area contributed by atoms with Crippen molar-refractivity contribution in [2.75, 3.05) is 25.7 Å². The molecule has 7 heteroatoms. The van der Waals surface area contributed by atoms with Crippen molar-refractivity contribution in [3.63, 3.8) is 0 Å². The van der Waals surface area contributed by atoms with E-state index in [1.807, 2.05) is 11.8 Å². The van der Waals surface area contributed by atoms with E-state index in [4.69, 9.17) is 19.7 Å². The summed E-state index contributed by atoms with van der Waals surface area (Å²) < 4.78 is 15.9. The number of benzene rings is 1. The van der Waals surface area contributed by atoms with Gasteiger partial charge < -0.3 is 19.7 Å². The summed E-state index contributed by atoms with van der Waals surface area (Å²) in [6, 6.07) is 3.45. The van der Waals surface area contributed by atoms with Crippen LogP contribution in [0.1, 0.15) is 23.9 Å². The number of anilines is 1. The first kappa shape index (κ1) is 14.1. The average molecular weight is 307 g/mol. The highest BCUT2D eigenvalue weighted by Gasteiger charge is 2.24. The molecule has 3 rings (SSSR count). The van der Waals surface area contributed by atoms with E-state index >= 15 is 0 Å². The molecule has 0 radical (unpaired) electrons. The molecule has 0 bridgehead atoms. The lowest BCUT2D eigenvalue weighted by Gasteiger charge is -2.10. The second-order valence-corrected chi connectivity index (χ2v) is 6.06. The lowest BCUT2D eigenvalue weighted by atomic mass is 10.1. The molecular weight excluding hydrogens is 290 g/mol. The first-order valence-corrected chi connectivity index (χ1v) is 7.75. The maximum absolute atomic E-state index is 6.05. The minimum atomic E-state index is 0.323. The first-order chi connectivity index (χ1) is 10.2. The molecule has 1 aromatic heterocycles. The predicted octanol–water partition coefficient (Wildman–Crippen LogP) is 2.90. The molecule has 6 nitrogen and oxygen atoms in total. The molecule has 1 saturated heterocycles. The standard InChI is InChI=1S/C14H17N3O3S/c1-18-10-6-8(9(15)7-11(10)19-2)14-16-13(17-20-14)12-4-3-5-21-12/h6-7,12H,3-5,15H2,1-2H3. The van der Waals surface area contributed by atoms with Crippen LogP contribution in [0.5, 0.6) is 11.5 Å². The van der Waals surface area contributed by atoms with Crippen LogP contribution < -0.4 is 15.2 Å². The summed E-state index contributed by atoms with van der Waals surface area (Å²) in [6.07, 6.45) is 2.28. The second kappa shape index (κ2) is 5.85. The van der Waals surface area contributed by atoms with Crippen molar-refractivity contribution in [1.82, 2.24) is 10.1 Å². The summed E-state index contributed by atoms with van der Waals surface area (Å²) in [5.41, 5.74) is 7.22. The number of nitrogens with zero attached hydrogens (tertiary/aromatic N) is 2. The van der Waals surface area contributed by atoms with Gasteiger partial charge in [0.05, 0.1) is 25.0 Å². The van der Waals surface area contributed by atoms with Crippen molar-refractivity contribution in [2.45, 2.75) is 18.1 Å². The lowest BCUT2D eigenvalue weighted by molar-refractivity contribution is 0.355. The molecule has 0 aliphatic carbocycles. The average Bonchev–Trinajstić information content (AvgIpc) is 3.17. The predicted molar refractivity (Wildman–Crippen MR) is 81.7 cm³/mol. The molecule has 2 heterocycles. The van der Waals surface area contributed by atoms with E-state index in [-0.39, 0.29) is 0 Å². The van der Waals surface area contributed by atoms with Gasteiger partial charge in [0.2, 0.25) is 0 Å². The smallest absolute Gasteiger partial charge is 0.260 e. The number of hydrogen-bond donors (Lipinski definition) is 1. The third-order valence-corrected chi connectivity index (χ3v) is 4.82. The van der Waals surface area contributed by atoms with Crippen LogP contribution in [0, 0.1) is 0 Å². The molecule has 2 aromatic rings. The first-order valence-electron chi connectivity index (χ1n) is 6.70. The summed E-state index contributed by atoms with van der Waals surface area (Å²) in [6.45, 7) is 0. The van der Waals surface area contributed by atoms with Crippen molar-refractivity contribution >= 4 is 17.4 Å². The van der Waals surface area contributed by atoms with E-state index in [0.29, 0.717) is 33.9 Å². The van der Waals surface area contributed by atoms with Crippen LogP contribution in [-0.4, -0.2) is 30.1 Å². The molecule has 0 spiro atoms. The zero-order valence-electron chi connectivity index (χ0n) is 12.0. The SMILES string of the molecule is COc1cc(N)c(-c2nc(C3CCCS3)no2)cc1OC. The zero-order valence-corrected chi connectivity index (χ0v) is 12.8. The van der Waals surface area contributed by atoms with Crippen LogP contribution in [0.15, 0.2) is 16.7 Å². The van der Waals surface area contributed by atoms with Gasteiger partial charge in [-0.05, 0) is 24.7 Å². The van der Waals surface area contributed by atoms with Gasteiger partial charge in [-0.1, -0.05) is 5.16 Å². The topological polar surface area (TPSA) is 83.4 Å². The van der Waals surface area contributed by atoms with Gasteiger partial charge in [0.1, 0.15) is 0 Å². The van der Waals surface area contributed by atoms with Crippen molar-refractivity contribution in [3.8, 4) is 23.0 Å². The Balaban J connectivity index is 1.96. The number of rotatable bonds is 4. The summed E-state index contributed by atoms with van der Waals surface area (Å²) >= 11 is 1.86. The molecule has 1 unspecified atom stereocenters. The fourth-order valence-electron chi connectivity index (χ4n) is 2.34. The molecule has 0 amide bonds. The lowest BCUT2D eigenvalue weighted by Crippen LogP contribution is -1.96. The molecule has 1 aliphatic rings. The Morgan fingerprint density at radius 1 is 1.29 bits per heavy atom. The Labute approximate surface area is 127 Å². The van der Waals surface area contributed by atoms with E-state index < -0.39 is 0 Å². The van der Waals surface area contributed by atoms with E-state index in [2.05, 4.69) is 10.1 Å². The highest BCUT2D eigenvalue weighted by molar-refractivity contribution is 7.99. The summed E-state index contributed by atoms with van der Waals surface area (Å²) in [4.78, 5) is 4.48. The van der Waals surface area contributed by atoms with E-state index in [1.165, 1.54) is 6.42 Å². The molecule has 1 aliphatic heterocycles. The summed E-state index contributed by atoms with van der Waals surface area (Å²) in [5.74, 6) is 3.45. The molecule has 0 saturated carbocycles. The molecular formula is C14H17N3O3S. The molecule has 112 valence electrons. The molecule has 2 N–H and O–H groups in total. The monoisotopic (exact) mass is 307 g/mol. The van der Waals surface area contributed by atoms with Crippen molar-refractivity contribution < 1.29 is 14.0 Å². The molecule has 1 atom stereocenters. The number of nitrogen functional groups attached to an aromatic ring is 1. The van der Waals surface area contributed by atoms with Crippen LogP contribution in [0.3, 0.4) is 0 Å². The Bertz CT molecular complexity index is 638. The number of hydrogen-bond acceptors (Lipinski definition) is 7. The van der Waals surface area contributed by atoms with E-state index in [0.717, 1.165) is 18.0 Å². The minimum Gasteiger partial charge on any atom is -0.493 e. The van der Waals surface area contributed by atoms with Gasteiger partial charge >= 0.3 is 0 Å². The second-order valence-electron chi connectivity index (χ2n) is 4.75.